The van der Waals surface area contributed by atoms with E-state index in [9.17, 15) is 20.1 Å². The maximum atomic E-state index is 14.3. The number of benzene rings is 4. The van der Waals surface area contributed by atoms with E-state index in [1.54, 1.807) is 0 Å². The van der Waals surface area contributed by atoms with E-state index in [1.807, 2.05) is 127 Å². The standard InChI is InChI=1S/C51H41N5O6/c1-61-51-48(59)46(57)47(58)49(62-51)50(60)56-40-28-39-43(31-18-10-4-11-19-31)37-25-24-35(53-37)41(29-14-6-2-7-15-29)33-22-23-34(52-33)42(30-16-8-3-9-17-30)36-26-27-38(54-36)44(45(40)55-39)32-20-12-5-13-21-32/h2-28,46-49,51,53-54,57-59H,1H3,(H,56,60)/t46-,47-,48+,49-,51-/m0/s1. The molecule has 5 atom stereocenters. The lowest BCUT2D eigenvalue weighted by Gasteiger charge is -2.38. The molecular weight excluding hydrogens is 779 g/mol. The van der Waals surface area contributed by atoms with Crippen molar-refractivity contribution < 1.29 is 29.6 Å². The third-order valence-electron chi connectivity index (χ3n) is 11.4. The highest BCUT2D eigenvalue weighted by Crippen LogP contribution is 2.40. The summed E-state index contributed by atoms with van der Waals surface area (Å²) in [4.78, 5) is 32.5. The highest BCUT2D eigenvalue weighted by Gasteiger charge is 2.47. The molecule has 1 saturated heterocycles. The molecule has 0 radical (unpaired) electrons. The minimum atomic E-state index is -1.75. The molecule has 1 amide bonds. The smallest absolute Gasteiger partial charge is 0.256 e. The van der Waals surface area contributed by atoms with Crippen LogP contribution in [-0.2, 0) is 14.3 Å². The Morgan fingerprint density at radius 3 is 1.42 bits per heavy atom. The van der Waals surface area contributed by atoms with Gasteiger partial charge in [-0.15, -0.1) is 0 Å². The second-order valence-corrected chi connectivity index (χ2v) is 15.3. The van der Waals surface area contributed by atoms with Gasteiger partial charge >= 0.3 is 0 Å². The first-order chi connectivity index (χ1) is 30.4. The van der Waals surface area contributed by atoms with E-state index in [2.05, 4.69) is 51.7 Å². The monoisotopic (exact) mass is 819 g/mol. The lowest BCUT2D eigenvalue weighted by Crippen LogP contribution is -2.61. The Kier molecular flexibility index (Phi) is 10.2. The van der Waals surface area contributed by atoms with E-state index in [4.69, 9.17) is 19.4 Å². The number of aromatic nitrogens is 4. The molecule has 306 valence electrons. The molecule has 1 fully saturated rings. The number of hydrogen-bond donors (Lipinski definition) is 6. The van der Waals surface area contributed by atoms with Crippen molar-refractivity contribution in [3.05, 3.63) is 168 Å². The summed E-state index contributed by atoms with van der Waals surface area (Å²) < 4.78 is 11.0. The second kappa shape index (κ2) is 16.3. The first kappa shape index (κ1) is 38.9. The normalized spacial score (nSPS) is 19.5. The molecule has 11 nitrogen and oxygen atoms in total. The molecule has 11 heteroatoms. The summed E-state index contributed by atoms with van der Waals surface area (Å²) >= 11 is 0. The van der Waals surface area contributed by atoms with Crippen LogP contribution in [0.4, 0.5) is 0 Å². The molecule has 4 aromatic carbocycles. The summed E-state index contributed by atoms with van der Waals surface area (Å²) in [6, 6.07) is 48.1. The maximum absolute atomic E-state index is 14.3. The highest BCUT2D eigenvalue weighted by atomic mass is 16.7. The quantitative estimate of drug-likeness (QED) is 0.0937. The Balaban J connectivity index is 1.32. The molecule has 6 N–H and O–H groups in total. The zero-order valence-electron chi connectivity index (χ0n) is 33.4. The number of nitrogens with one attached hydrogen (secondary N) is 3. The van der Waals surface area contributed by atoms with Crippen molar-refractivity contribution >= 4 is 51.9 Å². The minimum Gasteiger partial charge on any atom is -0.387 e. The Morgan fingerprint density at radius 1 is 0.548 bits per heavy atom. The Labute approximate surface area is 356 Å². The average Bonchev–Trinajstić information content (AvgIpc) is 4.15. The predicted molar refractivity (Wildman–Crippen MR) is 241 cm³/mol. The van der Waals surface area contributed by atoms with Crippen molar-refractivity contribution in [2.75, 3.05) is 7.11 Å². The fraction of sp³-hybridized carbons (Fsp3) is 0.118. The lowest BCUT2D eigenvalue weighted by molar-refractivity contribution is -0.283. The minimum absolute atomic E-state index is 0.320. The van der Waals surface area contributed by atoms with E-state index in [0.29, 0.717) is 28.2 Å². The van der Waals surface area contributed by atoms with Gasteiger partial charge in [0.25, 0.3) is 5.91 Å². The van der Waals surface area contributed by atoms with Gasteiger partial charge in [0, 0.05) is 51.4 Å². The van der Waals surface area contributed by atoms with Crippen LogP contribution in [0.15, 0.2) is 146 Å². The van der Waals surface area contributed by atoms with Gasteiger partial charge in [0.2, 0.25) is 0 Å². The van der Waals surface area contributed by atoms with Crippen LogP contribution in [-0.4, -0.2) is 79.0 Å². The van der Waals surface area contributed by atoms with Crippen molar-refractivity contribution in [3.8, 4) is 44.5 Å². The van der Waals surface area contributed by atoms with E-state index < -0.39 is 36.6 Å². The molecule has 62 heavy (non-hydrogen) atoms. The van der Waals surface area contributed by atoms with Gasteiger partial charge in [0.15, 0.2) is 12.4 Å². The number of ether oxygens (including phenoxy) is 2. The van der Waals surface area contributed by atoms with Crippen LogP contribution >= 0.6 is 0 Å². The van der Waals surface area contributed by atoms with Crippen molar-refractivity contribution in [3.63, 3.8) is 0 Å². The SMILES string of the molecule is CO[C@H]1O[C@H](C(=O)NC2=Cc3nc2c(-c2ccccc2)c2ccc([nH]2)c(-c2ccccc2)c2nc(c(-c4ccccc4)c4ccc([nH]4)c3-c3ccccc3)C=C2)[C@@H](O)[C@H](O)[C@H]1O. The number of methoxy groups -OCH3 is 1. The Bertz CT molecular complexity index is 3040. The number of nitrogens with zero attached hydrogens (tertiary/aromatic N) is 2. The summed E-state index contributed by atoms with van der Waals surface area (Å²) in [6.45, 7) is 0. The molecule has 3 aliphatic heterocycles. The number of rotatable bonds is 7. The first-order valence-corrected chi connectivity index (χ1v) is 20.3. The molecule has 7 aromatic rings. The zero-order chi connectivity index (χ0) is 42.3. The fourth-order valence-electron chi connectivity index (χ4n) is 8.47. The molecule has 0 saturated carbocycles. The van der Waals surface area contributed by atoms with Crippen LogP contribution in [0.25, 0.3) is 90.5 Å². The third-order valence-corrected chi connectivity index (χ3v) is 11.4. The fourth-order valence-corrected chi connectivity index (χ4v) is 8.47. The van der Waals surface area contributed by atoms with Gasteiger partial charge in [-0.05, 0) is 64.7 Å². The zero-order valence-corrected chi connectivity index (χ0v) is 33.4. The van der Waals surface area contributed by atoms with E-state index in [0.717, 1.165) is 66.9 Å². The van der Waals surface area contributed by atoms with E-state index >= 15 is 0 Å². The summed E-state index contributed by atoms with van der Waals surface area (Å²) in [5.74, 6) is -0.765. The predicted octanol–water partition coefficient (Wildman–Crippen LogP) is 8.22. The Hall–Kier alpha value is -7.25. The molecule has 3 aliphatic rings. The number of carbonyl (C=O) groups is 1. The molecule has 0 unspecified atom stereocenters. The number of fused-ring (bicyclic) bond motifs is 8. The highest BCUT2D eigenvalue weighted by molar-refractivity contribution is 6.04. The van der Waals surface area contributed by atoms with Crippen LogP contribution in [0.1, 0.15) is 22.8 Å². The molecule has 10 rings (SSSR count). The topological polar surface area (TPSA) is 166 Å². The molecule has 6 heterocycles. The van der Waals surface area contributed by atoms with Gasteiger partial charge in [-0.3, -0.25) is 4.79 Å². The van der Waals surface area contributed by atoms with Gasteiger partial charge in [-0.2, -0.15) is 0 Å². The molecule has 8 bridgehead atoms. The van der Waals surface area contributed by atoms with Crippen molar-refractivity contribution in [1.82, 2.24) is 25.3 Å². The average molecular weight is 820 g/mol. The van der Waals surface area contributed by atoms with Crippen LogP contribution < -0.4 is 5.32 Å². The number of H-pyrrole nitrogens is 2. The summed E-state index contributed by atoms with van der Waals surface area (Å²) in [6.07, 6.45) is -2.06. The first-order valence-electron chi connectivity index (χ1n) is 20.3. The van der Waals surface area contributed by atoms with Gasteiger partial charge in [-0.25, -0.2) is 9.97 Å². The number of aliphatic hydroxyl groups is 3. The van der Waals surface area contributed by atoms with E-state index in [1.165, 1.54) is 7.11 Å². The second-order valence-electron chi connectivity index (χ2n) is 15.3. The number of amides is 1. The third kappa shape index (κ3) is 7.03. The summed E-state index contributed by atoms with van der Waals surface area (Å²) in [5, 5.41) is 35.3. The maximum Gasteiger partial charge on any atom is 0.256 e. The Morgan fingerprint density at radius 2 is 0.968 bits per heavy atom. The van der Waals surface area contributed by atoms with Crippen LogP contribution in [0.3, 0.4) is 0 Å². The van der Waals surface area contributed by atoms with Gasteiger partial charge in [0.1, 0.15) is 18.3 Å². The van der Waals surface area contributed by atoms with E-state index in [-0.39, 0.29) is 0 Å². The number of carbonyl (C=O) groups excluding carboxylic acids is 1. The van der Waals surface area contributed by atoms with Crippen LogP contribution in [0.2, 0.25) is 0 Å². The number of hydrogen-bond acceptors (Lipinski definition) is 8. The van der Waals surface area contributed by atoms with Crippen molar-refractivity contribution in [2.45, 2.75) is 30.7 Å². The molecule has 3 aromatic heterocycles. The van der Waals surface area contributed by atoms with Gasteiger partial charge < -0.3 is 40.1 Å². The van der Waals surface area contributed by atoms with Crippen LogP contribution in [0.5, 0.6) is 0 Å². The van der Waals surface area contributed by atoms with Crippen LogP contribution in [0, 0.1) is 0 Å². The lowest BCUT2D eigenvalue weighted by atomic mass is 9.98. The van der Waals surface area contributed by atoms with Gasteiger partial charge in [-0.1, -0.05) is 121 Å². The summed E-state index contributed by atoms with van der Waals surface area (Å²) in [7, 11) is 1.28. The number of aromatic amines is 2. The van der Waals surface area contributed by atoms with Gasteiger partial charge in [0.05, 0.1) is 28.5 Å². The molecule has 0 aliphatic carbocycles. The number of aliphatic hydroxyl groups excluding tert-OH is 3. The molecule has 0 spiro atoms. The largest absolute Gasteiger partial charge is 0.387 e. The molecular formula is C51H41N5O6. The van der Waals surface area contributed by atoms with Crippen molar-refractivity contribution in [2.24, 2.45) is 0 Å². The summed E-state index contributed by atoms with van der Waals surface area (Å²) in [5.41, 5.74) is 12.9. The van der Waals surface area contributed by atoms with Crippen molar-refractivity contribution in [1.29, 1.82) is 0 Å².